The topological polar surface area (TPSA) is 53.4 Å². The number of nitrogens with zero attached hydrogens (tertiary/aromatic N) is 2. The summed E-state index contributed by atoms with van der Waals surface area (Å²) in [6.45, 7) is 2.50. The lowest BCUT2D eigenvalue weighted by Gasteiger charge is -2.26. The van der Waals surface area contributed by atoms with Crippen molar-refractivity contribution >= 4 is 28.9 Å². The summed E-state index contributed by atoms with van der Waals surface area (Å²) in [5.41, 5.74) is 2.25. The summed E-state index contributed by atoms with van der Waals surface area (Å²) < 4.78 is 0. The van der Waals surface area contributed by atoms with E-state index >= 15 is 0 Å². The molecule has 2 aromatic heterocycles. The molecule has 0 atom stereocenters. The molecular weight excluding hydrogens is 296 g/mol. The molecule has 0 radical (unpaired) electrons. The highest BCUT2D eigenvalue weighted by Gasteiger charge is 2.21. The van der Waals surface area contributed by atoms with Crippen molar-refractivity contribution in [2.75, 3.05) is 6.54 Å². The Balaban J connectivity index is 1.73. The van der Waals surface area contributed by atoms with Gasteiger partial charge in [-0.1, -0.05) is 11.6 Å². The number of hydrogen-bond donors (Lipinski definition) is 1. The zero-order valence-corrected chi connectivity index (χ0v) is 12.2. The molecule has 0 fully saturated rings. The molecule has 0 saturated carbocycles. The van der Waals surface area contributed by atoms with Gasteiger partial charge in [-0.05, 0) is 29.7 Å². The zero-order chi connectivity index (χ0) is 14.1. The molecule has 0 aromatic carbocycles. The molecule has 0 unspecified atom stereocenters. The molecule has 104 valence electrons. The van der Waals surface area contributed by atoms with E-state index in [1.54, 1.807) is 12.3 Å². The van der Waals surface area contributed by atoms with Gasteiger partial charge in [-0.3, -0.25) is 9.88 Å². The molecule has 3 rings (SSSR count). The van der Waals surface area contributed by atoms with E-state index in [4.69, 9.17) is 16.7 Å². The van der Waals surface area contributed by atoms with Crippen LogP contribution in [-0.4, -0.2) is 27.5 Å². The third-order valence-electron chi connectivity index (χ3n) is 3.34. The molecule has 6 heteroatoms. The van der Waals surface area contributed by atoms with Crippen molar-refractivity contribution in [1.29, 1.82) is 0 Å². The average molecular weight is 309 g/mol. The standard InChI is InChI=1S/C14H13ClN2O2S/c15-11-3-9(5-16-6-11)7-17-2-1-10-4-12(14(18)19)20-13(10)8-17/h3-6H,1-2,7-8H2,(H,18,19). The summed E-state index contributed by atoms with van der Waals surface area (Å²) in [7, 11) is 0. The second-order valence-corrected chi connectivity index (χ2v) is 6.41. The first-order chi connectivity index (χ1) is 9.61. The number of hydrogen-bond acceptors (Lipinski definition) is 4. The molecule has 20 heavy (non-hydrogen) atoms. The second kappa shape index (κ2) is 5.52. The lowest BCUT2D eigenvalue weighted by atomic mass is 10.1. The molecule has 0 saturated heterocycles. The van der Waals surface area contributed by atoms with Crippen LogP contribution in [0.3, 0.4) is 0 Å². The Morgan fingerprint density at radius 2 is 2.30 bits per heavy atom. The van der Waals surface area contributed by atoms with E-state index in [1.807, 2.05) is 12.3 Å². The maximum absolute atomic E-state index is 11.0. The minimum absolute atomic E-state index is 0.432. The van der Waals surface area contributed by atoms with Gasteiger partial charge in [-0.2, -0.15) is 0 Å². The minimum Gasteiger partial charge on any atom is -0.477 e. The summed E-state index contributed by atoms with van der Waals surface area (Å²) in [6.07, 6.45) is 4.34. The van der Waals surface area contributed by atoms with Gasteiger partial charge in [0.15, 0.2) is 0 Å². The number of carboxylic acid groups (broad SMARTS) is 1. The Bertz CT molecular complexity index is 656. The van der Waals surface area contributed by atoms with E-state index in [1.165, 1.54) is 16.9 Å². The lowest BCUT2D eigenvalue weighted by molar-refractivity contribution is 0.0702. The van der Waals surface area contributed by atoms with E-state index in [0.29, 0.717) is 9.90 Å². The van der Waals surface area contributed by atoms with Gasteiger partial charge in [-0.25, -0.2) is 4.79 Å². The van der Waals surface area contributed by atoms with Crippen molar-refractivity contribution in [2.45, 2.75) is 19.5 Å². The molecule has 4 nitrogen and oxygen atoms in total. The molecular formula is C14H13ClN2O2S. The van der Waals surface area contributed by atoms with Crippen LogP contribution in [0.25, 0.3) is 0 Å². The normalized spacial score (nSPS) is 15.1. The van der Waals surface area contributed by atoms with Gasteiger partial charge in [0.05, 0.1) is 5.02 Å². The zero-order valence-electron chi connectivity index (χ0n) is 10.7. The van der Waals surface area contributed by atoms with Crippen LogP contribution in [0.5, 0.6) is 0 Å². The van der Waals surface area contributed by atoms with Crippen molar-refractivity contribution in [3.05, 3.63) is 50.4 Å². The Morgan fingerprint density at radius 1 is 1.45 bits per heavy atom. The molecule has 0 aliphatic carbocycles. The van der Waals surface area contributed by atoms with Crippen molar-refractivity contribution in [3.8, 4) is 0 Å². The second-order valence-electron chi connectivity index (χ2n) is 4.84. The number of rotatable bonds is 3. The third kappa shape index (κ3) is 2.85. The summed E-state index contributed by atoms with van der Waals surface area (Å²) in [5, 5.41) is 9.68. The molecule has 1 aliphatic rings. The van der Waals surface area contributed by atoms with Crippen molar-refractivity contribution in [2.24, 2.45) is 0 Å². The Labute approximate surface area is 125 Å². The molecule has 2 aromatic rings. The first kappa shape index (κ1) is 13.5. The predicted octanol–water partition coefficient (Wildman–Crippen LogP) is 3.05. The number of fused-ring (bicyclic) bond motifs is 1. The Hall–Kier alpha value is -1.43. The van der Waals surface area contributed by atoms with Crippen LogP contribution in [0.1, 0.15) is 25.7 Å². The van der Waals surface area contributed by atoms with Crippen LogP contribution in [0.4, 0.5) is 0 Å². The fraction of sp³-hybridized carbons (Fsp3) is 0.286. The van der Waals surface area contributed by atoms with Crippen LogP contribution in [0.15, 0.2) is 24.5 Å². The summed E-state index contributed by atoms with van der Waals surface area (Å²) in [4.78, 5) is 19.0. The molecule has 0 amide bonds. The van der Waals surface area contributed by atoms with E-state index in [2.05, 4.69) is 9.88 Å². The summed E-state index contributed by atoms with van der Waals surface area (Å²) in [5.74, 6) is -0.838. The molecule has 1 N–H and O–H groups in total. The van der Waals surface area contributed by atoms with Gasteiger partial charge in [0.2, 0.25) is 0 Å². The van der Waals surface area contributed by atoms with Crippen LogP contribution in [-0.2, 0) is 19.5 Å². The Kier molecular flexibility index (Phi) is 3.74. The Morgan fingerprint density at radius 3 is 3.05 bits per heavy atom. The molecule has 0 bridgehead atoms. The van der Waals surface area contributed by atoms with Crippen LogP contribution in [0, 0.1) is 0 Å². The van der Waals surface area contributed by atoms with E-state index in [-0.39, 0.29) is 0 Å². The van der Waals surface area contributed by atoms with Crippen molar-refractivity contribution in [3.63, 3.8) is 0 Å². The van der Waals surface area contributed by atoms with Crippen LogP contribution in [0.2, 0.25) is 5.02 Å². The van der Waals surface area contributed by atoms with Crippen LogP contribution < -0.4 is 0 Å². The number of aromatic nitrogens is 1. The maximum atomic E-state index is 11.0. The average Bonchev–Trinajstić information content (AvgIpc) is 2.82. The number of carbonyl (C=O) groups is 1. The molecule has 3 heterocycles. The van der Waals surface area contributed by atoms with E-state index in [9.17, 15) is 4.79 Å². The fourth-order valence-corrected chi connectivity index (χ4v) is 3.70. The SMILES string of the molecule is O=C(O)c1cc2c(s1)CN(Cc1cncc(Cl)c1)CC2. The highest BCUT2D eigenvalue weighted by atomic mass is 35.5. The van der Waals surface area contributed by atoms with Gasteiger partial charge in [0.1, 0.15) is 4.88 Å². The number of pyridine rings is 1. The maximum Gasteiger partial charge on any atom is 0.345 e. The number of thiophene rings is 1. The fourth-order valence-electron chi connectivity index (χ4n) is 2.41. The molecule has 0 spiro atoms. The summed E-state index contributed by atoms with van der Waals surface area (Å²) >= 11 is 7.32. The van der Waals surface area contributed by atoms with E-state index in [0.717, 1.165) is 36.5 Å². The van der Waals surface area contributed by atoms with Crippen molar-refractivity contribution < 1.29 is 9.90 Å². The monoisotopic (exact) mass is 308 g/mol. The number of halogens is 1. The minimum atomic E-state index is -0.838. The van der Waals surface area contributed by atoms with Gasteiger partial charge < -0.3 is 5.11 Å². The number of aromatic carboxylic acids is 1. The predicted molar refractivity (Wildman–Crippen MR) is 78.3 cm³/mol. The lowest BCUT2D eigenvalue weighted by Crippen LogP contribution is -2.29. The third-order valence-corrected chi connectivity index (χ3v) is 4.70. The smallest absolute Gasteiger partial charge is 0.345 e. The highest BCUT2D eigenvalue weighted by molar-refractivity contribution is 7.14. The summed E-state index contributed by atoms with van der Waals surface area (Å²) in [6, 6.07) is 3.72. The largest absolute Gasteiger partial charge is 0.477 e. The van der Waals surface area contributed by atoms with Gasteiger partial charge in [0, 0.05) is 36.9 Å². The van der Waals surface area contributed by atoms with Crippen LogP contribution >= 0.6 is 22.9 Å². The first-order valence-corrected chi connectivity index (χ1v) is 7.48. The van der Waals surface area contributed by atoms with E-state index < -0.39 is 5.97 Å². The highest BCUT2D eigenvalue weighted by Crippen LogP contribution is 2.29. The quantitative estimate of drug-likeness (QED) is 0.947. The van der Waals surface area contributed by atoms with Gasteiger partial charge in [-0.15, -0.1) is 11.3 Å². The van der Waals surface area contributed by atoms with Gasteiger partial charge in [0.25, 0.3) is 0 Å². The van der Waals surface area contributed by atoms with Crippen molar-refractivity contribution in [1.82, 2.24) is 9.88 Å². The van der Waals surface area contributed by atoms with Gasteiger partial charge >= 0.3 is 5.97 Å². The number of carboxylic acids is 1. The molecule has 1 aliphatic heterocycles. The first-order valence-electron chi connectivity index (χ1n) is 6.28.